The van der Waals surface area contributed by atoms with E-state index in [1.807, 2.05) is 13.0 Å². The van der Waals surface area contributed by atoms with Crippen LogP contribution in [-0.2, 0) is 0 Å². The summed E-state index contributed by atoms with van der Waals surface area (Å²) in [6.45, 7) is 5.41. The van der Waals surface area contributed by atoms with Crippen LogP contribution in [0.25, 0.3) is 0 Å². The van der Waals surface area contributed by atoms with E-state index in [4.69, 9.17) is 0 Å². The van der Waals surface area contributed by atoms with Crippen molar-refractivity contribution in [3.63, 3.8) is 0 Å². The Balaban J connectivity index is 2.49. The monoisotopic (exact) mass is 196 g/mol. The van der Waals surface area contributed by atoms with E-state index >= 15 is 0 Å². The zero-order valence-electron chi connectivity index (χ0n) is 7.62. The summed E-state index contributed by atoms with van der Waals surface area (Å²) in [7, 11) is 0. The number of allylic oxidation sites excluding steroid dienone is 1. The summed E-state index contributed by atoms with van der Waals surface area (Å²) in [4.78, 5) is 12.2. The minimum Gasteiger partial charge on any atom is -0.293 e. The zero-order chi connectivity index (χ0) is 9.68. The van der Waals surface area contributed by atoms with Gasteiger partial charge < -0.3 is 0 Å². The first-order valence-electron chi connectivity index (χ1n) is 4.18. The second-order valence-electron chi connectivity index (χ2n) is 2.79. The van der Waals surface area contributed by atoms with Crippen LogP contribution in [0.1, 0.15) is 34.6 Å². The van der Waals surface area contributed by atoms with Crippen molar-refractivity contribution in [2.45, 2.75) is 26.2 Å². The summed E-state index contributed by atoms with van der Waals surface area (Å²) >= 11 is 1.18. The molecule has 3 nitrogen and oxygen atoms in total. The lowest BCUT2D eigenvalue weighted by Gasteiger charge is -1.95. The molecule has 0 fully saturated rings. The molecule has 0 radical (unpaired) electrons. The van der Waals surface area contributed by atoms with E-state index in [1.54, 1.807) is 0 Å². The average molecular weight is 196 g/mol. The van der Waals surface area contributed by atoms with Crippen LogP contribution in [0.3, 0.4) is 0 Å². The number of hydrogen-bond donors (Lipinski definition) is 0. The molecule has 0 bridgehead atoms. The van der Waals surface area contributed by atoms with Gasteiger partial charge in [-0.3, -0.25) is 4.79 Å². The number of hydrogen-bond acceptors (Lipinski definition) is 4. The molecule has 13 heavy (non-hydrogen) atoms. The van der Waals surface area contributed by atoms with Gasteiger partial charge in [0.1, 0.15) is 4.88 Å². The highest BCUT2D eigenvalue weighted by Gasteiger charge is 2.11. The van der Waals surface area contributed by atoms with E-state index in [-0.39, 0.29) is 5.78 Å². The molecule has 70 valence electrons. The Labute approximate surface area is 81.6 Å². The summed E-state index contributed by atoms with van der Waals surface area (Å²) in [5, 5.41) is 3.79. The predicted molar refractivity (Wildman–Crippen MR) is 53.0 cm³/mol. The van der Waals surface area contributed by atoms with E-state index in [9.17, 15) is 4.79 Å². The number of carbonyl (C=O) groups is 1. The van der Waals surface area contributed by atoms with E-state index in [0.717, 1.165) is 18.5 Å². The molecule has 1 heterocycles. The predicted octanol–water partition coefficient (Wildman–Crippen LogP) is 2.39. The van der Waals surface area contributed by atoms with Gasteiger partial charge in [0, 0.05) is 6.42 Å². The molecule has 1 aromatic rings. The standard InChI is InChI=1S/C9H12N2OS/c1-3-4-5-6-8(12)9-7(2)10-11-13-9/h3H,1,4-6H2,2H3. The number of aryl methyl sites for hydroxylation is 1. The number of ketones is 1. The molecule has 0 amide bonds. The summed E-state index contributed by atoms with van der Waals surface area (Å²) < 4.78 is 3.72. The van der Waals surface area contributed by atoms with Crippen molar-refractivity contribution in [3.05, 3.63) is 23.2 Å². The van der Waals surface area contributed by atoms with Gasteiger partial charge in [-0.1, -0.05) is 10.6 Å². The molecule has 0 saturated heterocycles. The van der Waals surface area contributed by atoms with Crippen LogP contribution >= 0.6 is 11.5 Å². The third-order valence-corrected chi connectivity index (χ3v) is 2.59. The van der Waals surface area contributed by atoms with Gasteiger partial charge in [-0.2, -0.15) is 0 Å². The van der Waals surface area contributed by atoms with Crippen LogP contribution in [0.5, 0.6) is 0 Å². The molecule has 1 rings (SSSR count). The fourth-order valence-corrected chi connectivity index (χ4v) is 1.63. The third-order valence-electron chi connectivity index (χ3n) is 1.72. The van der Waals surface area contributed by atoms with Crippen molar-refractivity contribution >= 4 is 17.3 Å². The van der Waals surface area contributed by atoms with Crippen LogP contribution in [0, 0.1) is 6.92 Å². The van der Waals surface area contributed by atoms with Gasteiger partial charge in [-0.25, -0.2) is 0 Å². The van der Waals surface area contributed by atoms with Crippen molar-refractivity contribution in [1.82, 2.24) is 9.59 Å². The second kappa shape index (κ2) is 4.87. The van der Waals surface area contributed by atoms with Crippen LogP contribution in [-0.4, -0.2) is 15.4 Å². The molecule has 0 spiro atoms. The molecule has 4 heteroatoms. The number of nitrogens with zero attached hydrogens (tertiary/aromatic N) is 2. The van der Waals surface area contributed by atoms with E-state index in [2.05, 4.69) is 16.2 Å². The van der Waals surface area contributed by atoms with Gasteiger partial charge in [-0.05, 0) is 31.3 Å². The lowest BCUT2D eigenvalue weighted by Crippen LogP contribution is -1.97. The number of Topliss-reactive ketones (excluding diaryl/α,β-unsaturated/α-hetero) is 1. The van der Waals surface area contributed by atoms with Crippen molar-refractivity contribution in [1.29, 1.82) is 0 Å². The number of carbonyl (C=O) groups excluding carboxylic acids is 1. The van der Waals surface area contributed by atoms with Crippen molar-refractivity contribution < 1.29 is 4.79 Å². The zero-order valence-corrected chi connectivity index (χ0v) is 8.43. The van der Waals surface area contributed by atoms with Gasteiger partial charge in [0.05, 0.1) is 5.69 Å². The lowest BCUT2D eigenvalue weighted by atomic mass is 10.1. The number of aromatic nitrogens is 2. The van der Waals surface area contributed by atoms with Gasteiger partial charge >= 0.3 is 0 Å². The first kappa shape index (κ1) is 10.1. The van der Waals surface area contributed by atoms with E-state index in [0.29, 0.717) is 11.3 Å². The molecule has 0 unspecified atom stereocenters. The van der Waals surface area contributed by atoms with Crippen molar-refractivity contribution in [3.8, 4) is 0 Å². The molecule has 0 aliphatic rings. The highest BCUT2D eigenvalue weighted by atomic mass is 32.1. The maximum atomic E-state index is 11.5. The molecule has 0 aromatic carbocycles. The smallest absolute Gasteiger partial charge is 0.176 e. The Hall–Kier alpha value is -1.03. The highest BCUT2D eigenvalue weighted by molar-refractivity contribution is 7.08. The van der Waals surface area contributed by atoms with Crippen molar-refractivity contribution in [2.75, 3.05) is 0 Å². The summed E-state index contributed by atoms with van der Waals surface area (Å²) in [5.41, 5.74) is 0.744. The van der Waals surface area contributed by atoms with Crippen LogP contribution < -0.4 is 0 Å². The van der Waals surface area contributed by atoms with E-state index in [1.165, 1.54) is 11.5 Å². The summed E-state index contributed by atoms with van der Waals surface area (Å²) in [6, 6.07) is 0. The number of rotatable bonds is 5. The molecule has 0 saturated carbocycles. The molecular weight excluding hydrogens is 184 g/mol. The SMILES string of the molecule is C=CCCCC(=O)c1snnc1C. The molecule has 0 aliphatic heterocycles. The first-order chi connectivity index (χ1) is 6.25. The Bertz CT molecular complexity index is 306. The first-order valence-corrected chi connectivity index (χ1v) is 4.96. The molecule has 0 atom stereocenters. The third kappa shape index (κ3) is 2.73. The quantitative estimate of drug-likeness (QED) is 0.412. The molecular formula is C9H12N2OS. The fraction of sp³-hybridized carbons (Fsp3) is 0.444. The number of unbranched alkanes of at least 4 members (excludes halogenated alkanes) is 1. The van der Waals surface area contributed by atoms with Crippen molar-refractivity contribution in [2.24, 2.45) is 0 Å². The van der Waals surface area contributed by atoms with Crippen LogP contribution in [0.4, 0.5) is 0 Å². The van der Waals surface area contributed by atoms with Crippen LogP contribution in [0.15, 0.2) is 12.7 Å². The maximum absolute atomic E-state index is 11.5. The van der Waals surface area contributed by atoms with Crippen LogP contribution in [0.2, 0.25) is 0 Å². The normalized spacial score (nSPS) is 9.92. The van der Waals surface area contributed by atoms with Gasteiger partial charge in [0.15, 0.2) is 5.78 Å². The average Bonchev–Trinajstić information content (AvgIpc) is 2.52. The Morgan fingerprint density at radius 3 is 3.00 bits per heavy atom. The lowest BCUT2D eigenvalue weighted by molar-refractivity contribution is 0.0983. The summed E-state index contributed by atoms with van der Waals surface area (Å²) in [6.07, 6.45) is 4.14. The van der Waals surface area contributed by atoms with Gasteiger partial charge in [0.2, 0.25) is 0 Å². The fourth-order valence-electron chi connectivity index (χ4n) is 1.01. The minimum atomic E-state index is 0.148. The largest absolute Gasteiger partial charge is 0.293 e. The Kier molecular flexibility index (Phi) is 3.76. The molecule has 1 aromatic heterocycles. The maximum Gasteiger partial charge on any atom is 0.176 e. The minimum absolute atomic E-state index is 0.148. The second-order valence-corrected chi connectivity index (χ2v) is 3.55. The Morgan fingerprint density at radius 2 is 2.46 bits per heavy atom. The highest BCUT2D eigenvalue weighted by Crippen LogP contribution is 2.13. The summed E-state index contributed by atoms with van der Waals surface area (Å²) in [5.74, 6) is 0.148. The van der Waals surface area contributed by atoms with Gasteiger partial charge in [-0.15, -0.1) is 11.7 Å². The van der Waals surface area contributed by atoms with Gasteiger partial charge in [0.25, 0.3) is 0 Å². The molecule has 0 N–H and O–H groups in total. The van der Waals surface area contributed by atoms with E-state index < -0.39 is 0 Å². The Morgan fingerprint density at radius 1 is 1.69 bits per heavy atom. The topological polar surface area (TPSA) is 42.9 Å². The molecule has 0 aliphatic carbocycles.